The number of phenolic OH excluding ortho intramolecular Hbond substituents is 1. The lowest BCUT2D eigenvalue weighted by molar-refractivity contribution is -0.137. The number of nitrogens with one attached hydrogen (secondary N) is 2. The van der Waals surface area contributed by atoms with E-state index in [-0.39, 0.29) is 57.1 Å². The zero-order valence-corrected chi connectivity index (χ0v) is 22.9. The fraction of sp³-hybridized carbons (Fsp3) is 0.161. The Hall–Kier alpha value is -5.46. The van der Waals surface area contributed by atoms with Gasteiger partial charge in [-0.15, -0.1) is 0 Å². The molecule has 3 aromatic heterocycles. The van der Waals surface area contributed by atoms with E-state index in [0.717, 1.165) is 37.2 Å². The first-order valence-electron chi connectivity index (χ1n) is 13.4. The van der Waals surface area contributed by atoms with Crippen LogP contribution in [0.4, 0.5) is 29.3 Å². The summed E-state index contributed by atoms with van der Waals surface area (Å²) in [6.07, 6.45) is 0.573. The minimum absolute atomic E-state index is 0.0235. The number of aromatic hydroxyl groups is 1. The van der Waals surface area contributed by atoms with Crippen molar-refractivity contribution in [3.8, 4) is 28.0 Å². The largest absolute Gasteiger partial charge is 0.507 e. The zero-order chi connectivity index (χ0) is 31.2. The summed E-state index contributed by atoms with van der Waals surface area (Å²) in [5.41, 5.74) is 1.06. The van der Waals surface area contributed by atoms with Crippen molar-refractivity contribution in [2.75, 3.05) is 10.6 Å². The number of halogens is 4. The summed E-state index contributed by atoms with van der Waals surface area (Å²) in [6, 6.07) is 10.3. The molecule has 0 aliphatic heterocycles. The van der Waals surface area contributed by atoms with Crippen LogP contribution in [0.3, 0.4) is 0 Å². The molecule has 1 fully saturated rings. The molecule has 6 rings (SSSR count). The standard InChI is InChI=1S/C31H22F4N6O3/c1-15-2-3-18(29(44)39-24-13-20(7-9-37-24)31(33,34)35)10-21(15)22-11-19-14-38-30(41-28(43)16-4-5-16)40-26(19)25(27(22)42)17-6-8-36-23(32)12-17/h2-3,6-14,16,42H,4-5H2,1H3,(H,37,39,44)(H,38,40,41,43). The highest BCUT2D eigenvalue weighted by Crippen LogP contribution is 2.44. The smallest absolute Gasteiger partial charge is 0.416 e. The number of hydrogen-bond donors (Lipinski definition) is 3. The van der Waals surface area contributed by atoms with Crippen molar-refractivity contribution >= 4 is 34.5 Å². The molecule has 1 aliphatic rings. The van der Waals surface area contributed by atoms with Gasteiger partial charge < -0.3 is 10.4 Å². The van der Waals surface area contributed by atoms with Crippen molar-refractivity contribution in [3.63, 3.8) is 0 Å². The summed E-state index contributed by atoms with van der Waals surface area (Å²) in [6.45, 7) is 1.74. The summed E-state index contributed by atoms with van der Waals surface area (Å²) in [4.78, 5) is 41.5. The van der Waals surface area contributed by atoms with E-state index in [1.807, 2.05) is 0 Å². The van der Waals surface area contributed by atoms with Crippen molar-refractivity contribution < 1.29 is 32.3 Å². The van der Waals surface area contributed by atoms with Crippen LogP contribution in [0.2, 0.25) is 0 Å². The molecule has 44 heavy (non-hydrogen) atoms. The number of aromatic nitrogens is 4. The maximum atomic E-state index is 14.2. The van der Waals surface area contributed by atoms with Gasteiger partial charge in [-0.3, -0.25) is 14.9 Å². The molecule has 0 unspecified atom stereocenters. The van der Waals surface area contributed by atoms with Gasteiger partial charge in [0.05, 0.1) is 16.6 Å². The average molecular weight is 603 g/mol. The summed E-state index contributed by atoms with van der Waals surface area (Å²) in [7, 11) is 0. The van der Waals surface area contributed by atoms with Gasteiger partial charge in [0, 0.05) is 47.1 Å². The van der Waals surface area contributed by atoms with E-state index >= 15 is 0 Å². The molecule has 3 N–H and O–H groups in total. The minimum atomic E-state index is -4.62. The lowest BCUT2D eigenvalue weighted by atomic mass is 9.91. The molecule has 3 heterocycles. The third-order valence-electron chi connectivity index (χ3n) is 7.16. The Balaban J connectivity index is 1.44. The van der Waals surface area contributed by atoms with Gasteiger partial charge in [0.2, 0.25) is 17.8 Å². The number of fused-ring (bicyclic) bond motifs is 1. The molecular weight excluding hydrogens is 580 g/mol. The fourth-order valence-electron chi connectivity index (χ4n) is 4.74. The van der Waals surface area contributed by atoms with Crippen LogP contribution in [0.1, 0.15) is 34.3 Å². The topological polar surface area (TPSA) is 130 Å². The van der Waals surface area contributed by atoms with Crippen molar-refractivity contribution in [3.05, 3.63) is 89.8 Å². The first-order chi connectivity index (χ1) is 21.0. The quantitative estimate of drug-likeness (QED) is 0.149. The maximum Gasteiger partial charge on any atom is 0.416 e. The molecule has 2 amide bonds. The molecule has 1 aliphatic carbocycles. The molecule has 9 nitrogen and oxygen atoms in total. The Morgan fingerprint density at radius 1 is 0.932 bits per heavy atom. The van der Waals surface area contributed by atoms with Gasteiger partial charge in [-0.05, 0) is 72.9 Å². The molecule has 0 saturated heterocycles. The highest BCUT2D eigenvalue weighted by Gasteiger charge is 2.31. The predicted molar refractivity (Wildman–Crippen MR) is 153 cm³/mol. The number of anilines is 2. The Morgan fingerprint density at radius 2 is 1.70 bits per heavy atom. The molecule has 5 aromatic rings. The Labute approximate surface area is 247 Å². The number of nitrogens with zero attached hydrogens (tertiary/aromatic N) is 4. The number of rotatable bonds is 6. The van der Waals surface area contributed by atoms with Crippen LogP contribution in [0.25, 0.3) is 33.2 Å². The molecule has 0 bridgehead atoms. The molecule has 0 spiro atoms. The summed E-state index contributed by atoms with van der Waals surface area (Å²) in [5.74, 6) is -2.39. The Kier molecular flexibility index (Phi) is 7.15. The third kappa shape index (κ3) is 5.76. The molecule has 13 heteroatoms. The SMILES string of the molecule is Cc1ccc(C(=O)Nc2cc(C(F)(F)F)ccn2)cc1-c1cc2cnc(NC(=O)C3CC3)nc2c(-c2ccnc(F)c2)c1O. The summed E-state index contributed by atoms with van der Waals surface area (Å²) < 4.78 is 53.6. The lowest BCUT2D eigenvalue weighted by Crippen LogP contribution is -2.15. The van der Waals surface area contributed by atoms with Crippen molar-refractivity contribution in [2.24, 2.45) is 5.92 Å². The monoisotopic (exact) mass is 602 g/mol. The number of pyridine rings is 2. The van der Waals surface area contributed by atoms with Crippen LogP contribution < -0.4 is 10.6 Å². The van der Waals surface area contributed by atoms with E-state index in [0.29, 0.717) is 16.5 Å². The second-order valence-corrected chi connectivity index (χ2v) is 10.3. The first-order valence-corrected chi connectivity index (χ1v) is 13.4. The predicted octanol–water partition coefficient (Wildman–Crippen LogP) is 6.53. The number of carbonyl (C=O) groups is 2. The highest BCUT2D eigenvalue weighted by molar-refractivity contribution is 6.06. The maximum absolute atomic E-state index is 14.2. The Bertz CT molecular complexity index is 1960. The van der Waals surface area contributed by atoms with E-state index in [1.165, 1.54) is 30.6 Å². The van der Waals surface area contributed by atoms with Gasteiger partial charge in [-0.1, -0.05) is 6.07 Å². The van der Waals surface area contributed by atoms with Crippen LogP contribution in [0.15, 0.2) is 67.1 Å². The first kappa shape index (κ1) is 28.6. The summed E-state index contributed by atoms with van der Waals surface area (Å²) in [5, 5.41) is 17.1. The van der Waals surface area contributed by atoms with E-state index in [4.69, 9.17) is 0 Å². The van der Waals surface area contributed by atoms with E-state index in [2.05, 4.69) is 30.6 Å². The normalized spacial score (nSPS) is 13.1. The molecule has 0 atom stereocenters. The van der Waals surface area contributed by atoms with E-state index < -0.39 is 23.6 Å². The number of benzene rings is 2. The van der Waals surface area contributed by atoms with Gasteiger partial charge >= 0.3 is 6.18 Å². The summed E-state index contributed by atoms with van der Waals surface area (Å²) >= 11 is 0. The van der Waals surface area contributed by atoms with Crippen molar-refractivity contribution in [1.82, 2.24) is 19.9 Å². The van der Waals surface area contributed by atoms with Crippen LogP contribution in [-0.2, 0) is 11.0 Å². The van der Waals surface area contributed by atoms with Crippen LogP contribution >= 0.6 is 0 Å². The van der Waals surface area contributed by atoms with Crippen LogP contribution in [0.5, 0.6) is 5.75 Å². The van der Waals surface area contributed by atoms with Gasteiger partial charge in [-0.25, -0.2) is 19.9 Å². The molecular formula is C31H22F4N6O3. The fourth-order valence-corrected chi connectivity index (χ4v) is 4.74. The Morgan fingerprint density at radius 3 is 2.43 bits per heavy atom. The number of aryl methyl sites for hydroxylation is 1. The number of alkyl halides is 3. The number of hydrogen-bond acceptors (Lipinski definition) is 7. The molecule has 0 radical (unpaired) electrons. The minimum Gasteiger partial charge on any atom is -0.507 e. The third-order valence-corrected chi connectivity index (χ3v) is 7.16. The second kappa shape index (κ2) is 11.0. The number of carbonyl (C=O) groups excluding carboxylic acids is 2. The van der Waals surface area contributed by atoms with Gasteiger partial charge in [0.15, 0.2) is 0 Å². The van der Waals surface area contributed by atoms with Gasteiger partial charge in [0.1, 0.15) is 11.6 Å². The van der Waals surface area contributed by atoms with E-state index in [1.54, 1.807) is 19.1 Å². The molecule has 2 aromatic carbocycles. The molecule has 1 saturated carbocycles. The van der Waals surface area contributed by atoms with Crippen molar-refractivity contribution in [2.45, 2.75) is 25.9 Å². The van der Waals surface area contributed by atoms with Crippen LogP contribution in [-0.4, -0.2) is 36.9 Å². The molecule has 222 valence electrons. The zero-order valence-electron chi connectivity index (χ0n) is 22.9. The number of phenols is 1. The highest BCUT2D eigenvalue weighted by atomic mass is 19.4. The average Bonchev–Trinajstić information content (AvgIpc) is 3.83. The van der Waals surface area contributed by atoms with Crippen molar-refractivity contribution in [1.29, 1.82) is 0 Å². The van der Waals surface area contributed by atoms with E-state index in [9.17, 15) is 32.3 Å². The lowest BCUT2D eigenvalue weighted by Gasteiger charge is -2.17. The van der Waals surface area contributed by atoms with Gasteiger partial charge in [-0.2, -0.15) is 17.6 Å². The number of amides is 2. The second-order valence-electron chi connectivity index (χ2n) is 10.3. The van der Waals surface area contributed by atoms with Crippen LogP contribution in [0, 0.1) is 18.8 Å². The van der Waals surface area contributed by atoms with Gasteiger partial charge in [0.25, 0.3) is 5.91 Å².